The molecule has 0 aliphatic heterocycles. The molecule has 1 aromatic carbocycles. The van der Waals surface area contributed by atoms with Gasteiger partial charge in [-0.1, -0.05) is 36.9 Å². The van der Waals surface area contributed by atoms with Crippen molar-refractivity contribution in [1.29, 1.82) is 0 Å². The maximum atomic E-state index is 11.3. The van der Waals surface area contributed by atoms with Crippen LogP contribution in [0, 0.1) is 0 Å². The molecule has 0 bridgehead atoms. The highest BCUT2D eigenvalue weighted by Gasteiger charge is 2.00. The van der Waals surface area contributed by atoms with E-state index < -0.39 is 5.97 Å². The molecule has 0 unspecified atom stereocenters. The van der Waals surface area contributed by atoms with E-state index in [0.717, 1.165) is 11.6 Å². The van der Waals surface area contributed by atoms with E-state index in [1.54, 1.807) is 0 Å². The lowest BCUT2D eigenvalue weighted by Crippen LogP contribution is -2.37. The van der Waals surface area contributed by atoms with Gasteiger partial charge in [0, 0.05) is 12.6 Å². The average Bonchev–Trinajstić information content (AvgIpc) is 2.42. The topological polar surface area (TPSA) is 67.4 Å². The van der Waals surface area contributed by atoms with Crippen LogP contribution in [0.4, 0.5) is 4.79 Å². The number of esters is 1. The van der Waals surface area contributed by atoms with E-state index in [0.29, 0.717) is 6.54 Å². The predicted molar refractivity (Wildman–Crippen MR) is 67.8 cm³/mol. The second kappa shape index (κ2) is 7.89. The Morgan fingerprint density at radius 2 is 1.94 bits per heavy atom. The van der Waals surface area contributed by atoms with Crippen LogP contribution in [0.5, 0.6) is 0 Å². The van der Waals surface area contributed by atoms with Gasteiger partial charge in [0.2, 0.25) is 0 Å². The Kier molecular flexibility index (Phi) is 6.03. The molecule has 0 atom stereocenters. The molecular weight excluding hydrogens is 232 g/mol. The van der Waals surface area contributed by atoms with Crippen LogP contribution in [0.2, 0.25) is 0 Å². The van der Waals surface area contributed by atoms with E-state index in [1.165, 1.54) is 0 Å². The van der Waals surface area contributed by atoms with E-state index in [4.69, 9.17) is 4.74 Å². The van der Waals surface area contributed by atoms with Crippen LogP contribution in [0.25, 0.3) is 0 Å². The highest BCUT2D eigenvalue weighted by molar-refractivity contribution is 5.81. The minimum absolute atomic E-state index is 0.129. The summed E-state index contributed by atoms with van der Waals surface area (Å²) in [4.78, 5) is 22.0. The zero-order valence-corrected chi connectivity index (χ0v) is 10.0. The zero-order valence-electron chi connectivity index (χ0n) is 10.0. The molecule has 18 heavy (non-hydrogen) atoms. The summed E-state index contributed by atoms with van der Waals surface area (Å²) in [7, 11) is 0. The van der Waals surface area contributed by atoms with Crippen LogP contribution in [0.15, 0.2) is 43.0 Å². The Hall–Kier alpha value is -2.30. The first-order valence-electron chi connectivity index (χ1n) is 5.57. The molecular formula is C13H16N2O3. The van der Waals surface area contributed by atoms with E-state index in [9.17, 15) is 9.59 Å². The molecule has 2 amide bonds. The Balaban J connectivity index is 2.11. The zero-order chi connectivity index (χ0) is 13.2. The van der Waals surface area contributed by atoms with Crippen LogP contribution in [-0.2, 0) is 16.1 Å². The van der Waals surface area contributed by atoms with E-state index >= 15 is 0 Å². The fourth-order valence-corrected chi connectivity index (χ4v) is 1.22. The van der Waals surface area contributed by atoms with Gasteiger partial charge in [-0.05, 0) is 5.56 Å². The van der Waals surface area contributed by atoms with Gasteiger partial charge in [-0.15, -0.1) is 0 Å². The highest BCUT2D eigenvalue weighted by atomic mass is 16.5. The molecule has 2 N–H and O–H groups in total. The predicted octanol–water partition coefficient (Wildman–Crippen LogP) is 1.21. The summed E-state index contributed by atoms with van der Waals surface area (Å²) < 4.78 is 4.70. The Bertz CT molecular complexity index is 404. The number of rotatable bonds is 6. The van der Waals surface area contributed by atoms with Crippen molar-refractivity contribution in [3.05, 3.63) is 48.6 Å². The van der Waals surface area contributed by atoms with E-state index in [2.05, 4.69) is 17.2 Å². The number of urea groups is 1. The number of hydrogen-bond donors (Lipinski definition) is 2. The van der Waals surface area contributed by atoms with Crippen LogP contribution in [-0.4, -0.2) is 25.2 Å². The standard InChI is InChI=1S/C13H16N2O3/c1-2-12(16)18-9-8-14-13(17)15-10-11-6-4-3-5-7-11/h2-7H,1,8-10H2,(H2,14,15,17). The number of nitrogens with one attached hydrogen (secondary N) is 2. The first-order valence-corrected chi connectivity index (χ1v) is 5.57. The van der Waals surface area contributed by atoms with Crippen molar-refractivity contribution in [2.24, 2.45) is 0 Å². The molecule has 0 saturated heterocycles. The number of benzene rings is 1. The molecule has 0 aromatic heterocycles. The molecule has 1 rings (SSSR count). The van der Waals surface area contributed by atoms with Crippen LogP contribution < -0.4 is 10.6 Å². The van der Waals surface area contributed by atoms with E-state index in [-0.39, 0.29) is 19.2 Å². The summed E-state index contributed by atoms with van der Waals surface area (Å²) in [6.45, 7) is 4.11. The van der Waals surface area contributed by atoms with Gasteiger partial charge in [0.15, 0.2) is 0 Å². The first kappa shape index (κ1) is 13.8. The fraction of sp³-hybridized carbons (Fsp3) is 0.231. The van der Waals surface area contributed by atoms with E-state index in [1.807, 2.05) is 30.3 Å². The lowest BCUT2D eigenvalue weighted by molar-refractivity contribution is -0.137. The van der Waals surface area contributed by atoms with Crippen molar-refractivity contribution in [1.82, 2.24) is 10.6 Å². The van der Waals surface area contributed by atoms with Crippen molar-refractivity contribution >= 4 is 12.0 Å². The van der Waals surface area contributed by atoms with Gasteiger partial charge in [0.05, 0.1) is 6.54 Å². The molecule has 0 spiro atoms. The number of carbonyl (C=O) groups is 2. The van der Waals surface area contributed by atoms with Gasteiger partial charge in [-0.25, -0.2) is 9.59 Å². The minimum Gasteiger partial charge on any atom is -0.461 e. The molecule has 0 saturated carbocycles. The lowest BCUT2D eigenvalue weighted by atomic mass is 10.2. The quantitative estimate of drug-likeness (QED) is 0.452. The van der Waals surface area contributed by atoms with Gasteiger partial charge in [0.25, 0.3) is 0 Å². The number of amides is 2. The Morgan fingerprint density at radius 3 is 2.61 bits per heavy atom. The van der Waals surface area contributed by atoms with Gasteiger partial charge >= 0.3 is 12.0 Å². The van der Waals surface area contributed by atoms with Crippen molar-refractivity contribution < 1.29 is 14.3 Å². The molecule has 96 valence electrons. The minimum atomic E-state index is -0.499. The molecule has 1 aromatic rings. The molecule has 5 nitrogen and oxygen atoms in total. The molecule has 0 aliphatic carbocycles. The van der Waals surface area contributed by atoms with Gasteiger partial charge in [0.1, 0.15) is 6.61 Å². The molecule has 5 heteroatoms. The average molecular weight is 248 g/mol. The second-order valence-electron chi connectivity index (χ2n) is 3.47. The summed E-state index contributed by atoms with van der Waals surface area (Å²) in [5.74, 6) is -0.499. The highest BCUT2D eigenvalue weighted by Crippen LogP contribution is 1.96. The summed E-state index contributed by atoms with van der Waals surface area (Å²) in [5, 5.41) is 5.26. The van der Waals surface area contributed by atoms with Crippen molar-refractivity contribution in [2.75, 3.05) is 13.2 Å². The first-order chi connectivity index (χ1) is 8.72. The normalized spacial score (nSPS) is 9.33. The Morgan fingerprint density at radius 1 is 1.22 bits per heavy atom. The molecule has 0 aliphatic rings. The van der Waals surface area contributed by atoms with Gasteiger partial charge < -0.3 is 15.4 Å². The lowest BCUT2D eigenvalue weighted by Gasteiger charge is -2.07. The molecule has 0 fully saturated rings. The smallest absolute Gasteiger partial charge is 0.330 e. The SMILES string of the molecule is C=CC(=O)OCCNC(=O)NCc1ccccc1. The number of ether oxygens (including phenoxy) is 1. The van der Waals surface area contributed by atoms with Crippen LogP contribution in [0.1, 0.15) is 5.56 Å². The maximum absolute atomic E-state index is 11.3. The molecule has 0 heterocycles. The number of carbonyl (C=O) groups excluding carboxylic acids is 2. The number of hydrogen-bond acceptors (Lipinski definition) is 3. The fourth-order valence-electron chi connectivity index (χ4n) is 1.22. The third kappa shape index (κ3) is 5.69. The van der Waals surface area contributed by atoms with Crippen molar-refractivity contribution in [3.63, 3.8) is 0 Å². The van der Waals surface area contributed by atoms with Crippen molar-refractivity contribution in [3.8, 4) is 0 Å². The van der Waals surface area contributed by atoms with Crippen LogP contribution in [0.3, 0.4) is 0 Å². The summed E-state index contributed by atoms with van der Waals surface area (Å²) in [6.07, 6.45) is 1.08. The third-order valence-corrected chi connectivity index (χ3v) is 2.09. The van der Waals surface area contributed by atoms with Gasteiger partial charge in [-0.3, -0.25) is 0 Å². The maximum Gasteiger partial charge on any atom is 0.330 e. The summed E-state index contributed by atoms with van der Waals surface area (Å²) in [5.41, 5.74) is 1.02. The second-order valence-corrected chi connectivity index (χ2v) is 3.47. The summed E-state index contributed by atoms with van der Waals surface area (Å²) in [6, 6.07) is 9.27. The van der Waals surface area contributed by atoms with Crippen LogP contribution >= 0.6 is 0 Å². The van der Waals surface area contributed by atoms with Gasteiger partial charge in [-0.2, -0.15) is 0 Å². The monoisotopic (exact) mass is 248 g/mol. The third-order valence-electron chi connectivity index (χ3n) is 2.09. The summed E-state index contributed by atoms with van der Waals surface area (Å²) >= 11 is 0. The molecule has 0 radical (unpaired) electrons. The van der Waals surface area contributed by atoms with Crippen molar-refractivity contribution in [2.45, 2.75) is 6.54 Å². The Labute approximate surface area is 106 Å². The largest absolute Gasteiger partial charge is 0.461 e.